The van der Waals surface area contributed by atoms with Gasteiger partial charge in [0.15, 0.2) is 0 Å². The maximum atomic E-state index is 11.8. The fraction of sp³-hybridized carbons (Fsp3) is 0.611. The average Bonchev–Trinajstić information content (AvgIpc) is 2.46. The van der Waals surface area contributed by atoms with Gasteiger partial charge in [0.05, 0.1) is 0 Å². The van der Waals surface area contributed by atoms with Crippen LogP contribution in [0.15, 0.2) is 24.3 Å². The Morgan fingerprint density at radius 2 is 1.67 bits per heavy atom. The summed E-state index contributed by atoms with van der Waals surface area (Å²) in [5.41, 5.74) is 2.67. The molecular formula is C18H30N2O. The van der Waals surface area contributed by atoms with E-state index >= 15 is 0 Å². The zero-order chi connectivity index (χ0) is 15.7. The largest absolute Gasteiger partial charge is 0.343 e. The topological polar surface area (TPSA) is 32.3 Å². The molecule has 0 aromatic heterocycles. The molecule has 0 saturated heterocycles. The van der Waals surface area contributed by atoms with E-state index in [0.29, 0.717) is 12.3 Å². The van der Waals surface area contributed by atoms with Crippen LogP contribution in [0.25, 0.3) is 0 Å². The molecule has 1 aromatic carbocycles. The van der Waals surface area contributed by atoms with E-state index in [1.54, 1.807) is 0 Å². The molecule has 118 valence electrons. The first-order valence-electron chi connectivity index (χ1n) is 8.13. The van der Waals surface area contributed by atoms with Gasteiger partial charge in [0.25, 0.3) is 0 Å². The second-order valence-electron chi connectivity index (χ2n) is 5.91. The Bertz CT molecular complexity index is 408. The van der Waals surface area contributed by atoms with Crippen LogP contribution in [0, 0.1) is 5.92 Å². The van der Waals surface area contributed by atoms with Gasteiger partial charge in [0.1, 0.15) is 0 Å². The Balaban J connectivity index is 2.28. The number of nitrogens with zero attached hydrogens (tertiary/aromatic N) is 1. The molecular weight excluding hydrogens is 260 g/mol. The van der Waals surface area contributed by atoms with Crippen molar-refractivity contribution in [3.05, 3.63) is 35.4 Å². The lowest BCUT2D eigenvalue weighted by atomic mass is 10.0. The van der Waals surface area contributed by atoms with Gasteiger partial charge in [-0.15, -0.1) is 0 Å². The standard InChI is InChI=1S/C18H30N2O/c1-5-20(6-2)18(21)11-12-19-14-17-9-7-16(8-10-17)13-15(3)4/h7-10,15,19H,5-6,11-14H2,1-4H3. The minimum Gasteiger partial charge on any atom is -0.343 e. The van der Waals surface area contributed by atoms with Gasteiger partial charge < -0.3 is 10.2 Å². The third kappa shape index (κ3) is 6.76. The number of rotatable bonds is 9. The van der Waals surface area contributed by atoms with Crippen molar-refractivity contribution < 1.29 is 4.79 Å². The molecule has 0 spiro atoms. The van der Waals surface area contributed by atoms with Crippen LogP contribution in [0.4, 0.5) is 0 Å². The van der Waals surface area contributed by atoms with Gasteiger partial charge in [-0.1, -0.05) is 38.1 Å². The highest BCUT2D eigenvalue weighted by molar-refractivity contribution is 5.76. The summed E-state index contributed by atoms with van der Waals surface area (Å²) in [5, 5.41) is 3.35. The van der Waals surface area contributed by atoms with Gasteiger partial charge >= 0.3 is 0 Å². The number of benzene rings is 1. The minimum atomic E-state index is 0.236. The molecule has 3 nitrogen and oxygen atoms in total. The molecule has 21 heavy (non-hydrogen) atoms. The number of hydrogen-bond donors (Lipinski definition) is 1. The van der Waals surface area contributed by atoms with Crippen LogP contribution >= 0.6 is 0 Å². The van der Waals surface area contributed by atoms with E-state index in [1.807, 2.05) is 18.7 Å². The second-order valence-corrected chi connectivity index (χ2v) is 5.91. The summed E-state index contributed by atoms with van der Waals surface area (Å²) >= 11 is 0. The van der Waals surface area contributed by atoms with Crippen LogP contribution in [-0.4, -0.2) is 30.4 Å². The second kappa shape index (κ2) is 9.56. The van der Waals surface area contributed by atoms with Crippen molar-refractivity contribution in [3.63, 3.8) is 0 Å². The summed E-state index contributed by atoms with van der Waals surface area (Å²) < 4.78 is 0. The fourth-order valence-corrected chi connectivity index (χ4v) is 2.43. The van der Waals surface area contributed by atoms with Crippen molar-refractivity contribution >= 4 is 5.91 Å². The van der Waals surface area contributed by atoms with Gasteiger partial charge in [-0.3, -0.25) is 4.79 Å². The highest BCUT2D eigenvalue weighted by Gasteiger charge is 2.08. The number of carbonyl (C=O) groups is 1. The number of hydrogen-bond acceptors (Lipinski definition) is 2. The Kier molecular flexibility index (Phi) is 8.06. The molecule has 0 heterocycles. The van der Waals surface area contributed by atoms with Crippen LogP contribution in [-0.2, 0) is 17.8 Å². The molecule has 0 aliphatic rings. The smallest absolute Gasteiger partial charge is 0.223 e. The summed E-state index contributed by atoms with van der Waals surface area (Å²) in [6.07, 6.45) is 1.71. The van der Waals surface area contributed by atoms with Crippen LogP contribution in [0.3, 0.4) is 0 Å². The van der Waals surface area contributed by atoms with Crippen molar-refractivity contribution in [2.24, 2.45) is 5.92 Å². The van der Waals surface area contributed by atoms with Crippen LogP contribution in [0.5, 0.6) is 0 Å². The molecule has 0 atom stereocenters. The maximum absolute atomic E-state index is 11.8. The molecule has 1 aromatic rings. The minimum absolute atomic E-state index is 0.236. The summed E-state index contributed by atoms with van der Waals surface area (Å²) in [6.45, 7) is 11.7. The molecule has 1 amide bonds. The Morgan fingerprint density at radius 3 is 2.19 bits per heavy atom. The van der Waals surface area contributed by atoms with E-state index in [4.69, 9.17) is 0 Å². The van der Waals surface area contributed by atoms with Crippen LogP contribution in [0.1, 0.15) is 45.2 Å². The normalized spacial score (nSPS) is 10.9. The highest BCUT2D eigenvalue weighted by Crippen LogP contribution is 2.09. The first-order chi connectivity index (χ1) is 10.1. The molecule has 3 heteroatoms. The molecule has 0 fully saturated rings. The highest BCUT2D eigenvalue weighted by atomic mass is 16.2. The number of nitrogens with one attached hydrogen (secondary N) is 1. The summed E-state index contributed by atoms with van der Waals surface area (Å²) in [5.74, 6) is 0.930. The Labute approximate surface area is 129 Å². The van der Waals surface area contributed by atoms with E-state index in [1.165, 1.54) is 11.1 Å². The predicted molar refractivity (Wildman–Crippen MR) is 89.2 cm³/mol. The van der Waals surface area contributed by atoms with Crippen LogP contribution in [0.2, 0.25) is 0 Å². The lowest BCUT2D eigenvalue weighted by molar-refractivity contribution is -0.130. The zero-order valence-electron chi connectivity index (χ0n) is 14.0. The molecule has 0 aliphatic carbocycles. The third-order valence-electron chi connectivity index (χ3n) is 3.63. The number of carbonyl (C=O) groups excluding carboxylic acids is 1. The monoisotopic (exact) mass is 290 g/mol. The Morgan fingerprint density at radius 1 is 1.10 bits per heavy atom. The van der Waals surface area contributed by atoms with Crippen molar-refractivity contribution in [3.8, 4) is 0 Å². The van der Waals surface area contributed by atoms with Crippen molar-refractivity contribution in [2.45, 2.75) is 47.1 Å². The Hall–Kier alpha value is -1.35. The lowest BCUT2D eigenvalue weighted by Gasteiger charge is -2.18. The lowest BCUT2D eigenvalue weighted by Crippen LogP contribution is -2.32. The third-order valence-corrected chi connectivity index (χ3v) is 3.63. The SMILES string of the molecule is CCN(CC)C(=O)CCNCc1ccc(CC(C)C)cc1. The molecule has 0 radical (unpaired) electrons. The van der Waals surface area contributed by atoms with Crippen LogP contribution < -0.4 is 5.32 Å². The van der Waals surface area contributed by atoms with E-state index in [9.17, 15) is 4.79 Å². The summed E-state index contributed by atoms with van der Waals surface area (Å²) in [6, 6.07) is 8.77. The van der Waals surface area contributed by atoms with Gasteiger partial charge in [-0.05, 0) is 37.3 Å². The average molecular weight is 290 g/mol. The van der Waals surface area contributed by atoms with E-state index < -0.39 is 0 Å². The molecule has 1 N–H and O–H groups in total. The van der Waals surface area contributed by atoms with Gasteiger partial charge in [0, 0.05) is 32.6 Å². The van der Waals surface area contributed by atoms with Crippen molar-refractivity contribution in [1.29, 1.82) is 0 Å². The fourth-order valence-electron chi connectivity index (χ4n) is 2.43. The zero-order valence-corrected chi connectivity index (χ0v) is 14.0. The van der Waals surface area contributed by atoms with Crippen molar-refractivity contribution in [2.75, 3.05) is 19.6 Å². The maximum Gasteiger partial charge on any atom is 0.223 e. The molecule has 0 unspecified atom stereocenters. The van der Waals surface area contributed by atoms with Gasteiger partial charge in [-0.25, -0.2) is 0 Å². The van der Waals surface area contributed by atoms with Crippen molar-refractivity contribution in [1.82, 2.24) is 10.2 Å². The predicted octanol–water partition coefficient (Wildman–Crippen LogP) is 3.23. The summed E-state index contributed by atoms with van der Waals surface area (Å²) in [7, 11) is 0. The van der Waals surface area contributed by atoms with Gasteiger partial charge in [-0.2, -0.15) is 0 Å². The first kappa shape index (κ1) is 17.7. The van der Waals surface area contributed by atoms with E-state index in [0.717, 1.165) is 32.6 Å². The molecule has 0 saturated carbocycles. The number of amides is 1. The first-order valence-corrected chi connectivity index (χ1v) is 8.13. The van der Waals surface area contributed by atoms with E-state index in [2.05, 4.69) is 43.4 Å². The van der Waals surface area contributed by atoms with E-state index in [-0.39, 0.29) is 5.91 Å². The van der Waals surface area contributed by atoms with Gasteiger partial charge in [0.2, 0.25) is 5.91 Å². The molecule has 0 aliphatic heterocycles. The summed E-state index contributed by atoms with van der Waals surface area (Å²) in [4.78, 5) is 13.7. The molecule has 0 bridgehead atoms. The quantitative estimate of drug-likeness (QED) is 0.708. The molecule has 1 rings (SSSR count).